The maximum Gasteiger partial charge on any atom is 0.136 e. The molecule has 3 rings (SSSR count). The highest BCUT2D eigenvalue weighted by molar-refractivity contribution is 5.59. The summed E-state index contributed by atoms with van der Waals surface area (Å²) in [6.45, 7) is 7.35. The fourth-order valence-corrected chi connectivity index (χ4v) is 2.71. The zero-order chi connectivity index (χ0) is 17.5. The number of aromatic nitrogens is 2. The second-order valence-electron chi connectivity index (χ2n) is 5.92. The fourth-order valence-electron chi connectivity index (χ4n) is 2.71. The van der Waals surface area contributed by atoms with Crippen molar-refractivity contribution in [2.24, 2.45) is 0 Å². The van der Waals surface area contributed by atoms with Gasteiger partial charge in [0.05, 0.1) is 20.3 Å². The van der Waals surface area contributed by atoms with Crippen LogP contribution < -0.4 is 15.4 Å². The molecule has 1 aliphatic heterocycles. The van der Waals surface area contributed by atoms with E-state index in [1.807, 2.05) is 37.3 Å². The van der Waals surface area contributed by atoms with Crippen molar-refractivity contribution >= 4 is 17.3 Å². The van der Waals surface area contributed by atoms with Crippen LogP contribution in [0.15, 0.2) is 30.3 Å². The molecule has 0 unspecified atom stereocenters. The summed E-state index contributed by atoms with van der Waals surface area (Å²) < 4.78 is 10.5. The lowest BCUT2D eigenvalue weighted by molar-refractivity contribution is 0.0398. The molecule has 0 atom stereocenters. The average Bonchev–Trinajstić information content (AvgIpc) is 2.63. The molecule has 25 heavy (non-hydrogen) atoms. The number of hydrogen-bond acceptors (Lipinski definition) is 7. The van der Waals surface area contributed by atoms with Gasteiger partial charge in [0.1, 0.15) is 23.2 Å². The lowest BCUT2D eigenvalue weighted by Gasteiger charge is -2.26. The average molecular weight is 343 g/mol. The molecule has 2 N–H and O–H groups in total. The summed E-state index contributed by atoms with van der Waals surface area (Å²) in [6.07, 6.45) is 0. The fraction of sp³-hybridized carbons (Fsp3) is 0.444. The van der Waals surface area contributed by atoms with Gasteiger partial charge in [0, 0.05) is 37.9 Å². The van der Waals surface area contributed by atoms with Gasteiger partial charge in [-0.3, -0.25) is 4.90 Å². The van der Waals surface area contributed by atoms with Crippen molar-refractivity contribution in [3.05, 3.63) is 36.2 Å². The van der Waals surface area contributed by atoms with Gasteiger partial charge in [-0.05, 0) is 31.2 Å². The van der Waals surface area contributed by atoms with Crippen molar-refractivity contribution in [3.63, 3.8) is 0 Å². The van der Waals surface area contributed by atoms with Gasteiger partial charge in [-0.15, -0.1) is 0 Å². The van der Waals surface area contributed by atoms with Crippen LogP contribution in [0.25, 0.3) is 0 Å². The molecule has 2 heterocycles. The number of rotatable bonds is 7. The minimum atomic E-state index is 0.729. The number of aryl methyl sites for hydroxylation is 1. The SMILES string of the molecule is COc1ccc(Nc2cc(NCCN3CCOCC3)nc(C)n2)cc1. The van der Waals surface area contributed by atoms with Crippen molar-refractivity contribution in [2.75, 3.05) is 57.1 Å². The predicted molar refractivity (Wildman–Crippen MR) is 98.8 cm³/mol. The van der Waals surface area contributed by atoms with Gasteiger partial charge in [-0.2, -0.15) is 0 Å². The van der Waals surface area contributed by atoms with Gasteiger partial charge in [0.15, 0.2) is 0 Å². The van der Waals surface area contributed by atoms with E-state index in [-0.39, 0.29) is 0 Å². The van der Waals surface area contributed by atoms with Gasteiger partial charge >= 0.3 is 0 Å². The van der Waals surface area contributed by atoms with E-state index < -0.39 is 0 Å². The third-order valence-electron chi connectivity index (χ3n) is 4.04. The first-order valence-electron chi connectivity index (χ1n) is 8.54. The van der Waals surface area contributed by atoms with E-state index >= 15 is 0 Å². The first kappa shape index (κ1) is 17.4. The van der Waals surface area contributed by atoms with E-state index in [2.05, 4.69) is 25.5 Å². The molecule has 1 aromatic carbocycles. The van der Waals surface area contributed by atoms with Crippen LogP contribution in [-0.4, -0.2) is 61.4 Å². The first-order chi connectivity index (χ1) is 12.2. The van der Waals surface area contributed by atoms with Gasteiger partial charge in [0.2, 0.25) is 0 Å². The molecule has 1 aliphatic rings. The molecule has 0 spiro atoms. The second kappa shape index (κ2) is 8.64. The van der Waals surface area contributed by atoms with Crippen LogP contribution in [0.2, 0.25) is 0 Å². The summed E-state index contributed by atoms with van der Waals surface area (Å²) in [6, 6.07) is 9.68. The van der Waals surface area contributed by atoms with E-state index in [4.69, 9.17) is 9.47 Å². The van der Waals surface area contributed by atoms with Crippen molar-refractivity contribution in [3.8, 4) is 5.75 Å². The number of methoxy groups -OCH3 is 1. The molecule has 7 nitrogen and oxygen atoms in total. The van der Waals surface area contributed by atoms with Crippen LogP contribution in [0.1, 0.15) is 5.82 Å². The summed E-state index contributed by atoms with van der Waals surface area (Å²) >= 11 is 0. The molecule has 0 amide bonds. The molecule has 0 bridgehead atoms. The summed E-state index contributed by atoms with van der Waals surface area (Å²) in [5, 5.41) is 6.69. The van der Waals surface area contributed by atoms with Gasteiger partial charge in [-0.1, -0.05) is 0 Å². The van der Waals surface area contributed by atoms with Gasteiger partial charge < -0.3 is 20.1 Å². The summed E-state index contributed by atoms with van der Waals surface area (Å²) in [4.78, 5) is 11.3. The molecule has 1 aromatic heterocycles. The Morgan fingerprint density at radius 3 is 2.56 bits per heavy atom. The summed E-state index contributed by atoms with van der Waals surface area (Å²) in [5.74, 6) is 3.16. The van der Waals surface area contributed by atoms with Crippen molar-refractivity contribution in [2.45, 2.75) is 6.92 Å². The Morgan fingerprint density at radius 2 is 1.84 bits per heavy atom. The van der Waals surface area contributed by atoms with Crippen molar-refractivity contribution in [1.29, 1.82) is 0 Å². The highest BCUT2D eigenvalue weighted by Crippen LogP contribution is 2.20. The number of hydrogen-bond donors (Lipinski definition) is 2. The smallest absolute Gasteiger partial charge is 0.136 e. The molecule has 1 saturated heterocycles. The number of nitrogens with zero attached hydrogens (tertiary/aromatic N) is 3. The molecular weight excluding hydrogens is 318 g/mol. The van der Waals surface area contributed by atoms with Crippen LogP contribution in [0.3, 0.4) is 0 Å². The third-order valence-corrected chi connectivity index (χ3v) is 4.04. The highest BCUT2D eigenvalue weighted by atomic mass is 16.5. The van der Waals surface area contributed by atoms with Crippen LogP contribution in [0.5, 0.6) is 5.75 Å². The Balaban J connectivity index is 1.57. The largest absolute Gasteiger partial charge is 0.497 e. The van der Waals surface area contributed by atoms with E-state index in [1.54, 1.807) is 7.11 Å². The molecule has 0 radical (unpaired) electrons. The van der Waals surface area contributed by atoms with Crippen LogP contribution in [0, 0.1) is 6.92 Å². The summed E-state index contributed by atoms with van der Waals surface area (Å²) in [5.41, 5.74) is 0.957. The zero-order valence-corrected chi connectivity index (χ0v) is 14.8. The standard InChI is InChI=1S/C18H25N5O2/c1-14-20-17(19-7-8-23-9-11-25-12-10-23)13-18(21-14)22-15-3-5-16(24-2)6-4-15/h3-6,13H,7-12H2,1-2H3,(H2,19,20,21,22). The Kier molecular flexibility index (Phi) is 6.03. The molecule has 0 aliphatic carbocycles. The zero-order valence-electron chi connectivity index (χ0n) is 14.8. The Bertz CT molecular complexity index is 672. The number of nitrogens with one attached hydrogen (secondary N) is 2. The Hall–Kier alpha value is -2.38. The quantitative estimate of drug-likeness (QED) is 0.799. The first-order valence-corrected chi connectivity index (χ1v) is 8.54. The van der Waals surface area contributed by atoms with Crippen LogP contribution in [-0.2, 0) is 4.74 Å². The van der Waals surface area contributed by atoms with E-state index in [1.165, 1.54) is 0 Å². The number of anilines is 3. The number of morpholine rings is 1. The van der Waals surface area contributed by atoms with Crippen LogP contribution >= 0.6 is 0 Å². The van der Waals surface area contributed by atoms with Crippen molar-refractivity contribution < 1.29 is 9.47 Å². The minimum Gasteiger partial charge on any atom is -0.497 e. The van der Waals surface area contributed by atoms with E-state index in [9.17, 15) is 0 Å². The lowest BCUT2D eigenvalue weighted by Crippen LogP contribution is -2.39. The molecule has 2 aromatic rings. The third kappa shape index (κ3) is 5.30. The van der Waals surface area contributed by atoms with Gasteiger partial charge in [-0.25, -0.2) is 9.97 Å². The predicted octanol–water partition coefficient (Wildman–Crippen LogP) is 2.28. The monoisotopic (exact) mass is 343 g/mol. The van der Waals surface area contributed by atoms with Gasteiger partial charge in [0.25, 0.3) is 0 Å². The Morgan fingerprint density at radius 1 is 1.12 bits per heavy atom. The number of ether oxygens (including phenoxy) is 2. The molecule has 134 valence electrons. The highest BCUT2D eigenvalue weighted by Gasteiger charge is 2.09. The van der Waals surface area contributed by atoms with E-state index in [0.29, 0.717) is 0 Å². The normalized spacial score (nSPS) is 15.0. The summed E-state index contributed by atoms with van der Waals surface area (Å²) in [7, 11) is 1.66. The maximum absolute atomic E-state index is 5.37. The van der Waals surface area contributed by atoms with Crippen LogP contribution in [0.4, 0.5) is 17.3 Å². The second-order valence-corrected chi connectivity index (χ2v) is 5.92. The topological polar surface area (TPSA) is 71.5 Å². The minimum absolute atomic E-state index is 0.729. The van der Waals surface area contributed by atoms with E-state index in [0.717, 1.165) is 68.3 Å². The number of benzene rings is 1. The molecule has 1 fully saturated rings. The molecular formula is C18H25N5O2. The molecule has 7 heteroatoms. The maximum atomic E-state index is 5.37. The van der Waals surface area contributed by atoms with Crippen molar-refractivity contribution in [1.82, 2.24) is 14.9 Å². The molecule has 0 saturated carbocycles. The lowest BCUT2D eigenvalue weighted by atomic mass is 10.3. The Labute approximate surface area is 148 Å².